The number of aromatic nitrogens is 1. The van der Waals surface area contributed by atoms with Gasteiger partial charge < -0.3 is 19.5 Å². The molecule has 2 rings (SSSR count). The number of nitrogens with zero attached hydrogens (tertiary/aromatic N) is 1. The van der Waals surface area contributed by atoms with E-state index in [2.05, 4.69) is 10.3 Å². The number of carbonyl (C=O) groups excluding carboxylic acids is 1. The molecule has 22 heavy (non-hydrogen) atoms. The average Bonchev–Trinajstić information content (AvgIpc) is 2.56. The number of methoxy groups -OCH3 is 3. The third-order valence-corrected chi connectivity index (χ3v) is 3.25. The number of amides is 1. The number of anilines is 1. The Balaban J connectivity index is 2.41. The summed E-state index contributed by atoms with van der Waals surface area (Å²) in [7, 11) is 4.60. The third kappa shape index (κ3) is 2.95. The smallest absolute Gasteiger partial charge is 0.257 e. The van der Waals surface area contributed by atoms with Crippen molar-refractivity contribution < 1.29 is 19.0 Å². The molecule has 0 aliphatic rings. The Kier molecular flexibility index (Phi) is 4.83. The van der Waals surface area contributed by atoms with E-state index >= 15 is 0 Å². The molecule has 0 bridgehead atoms. The van der Waals surface area contributed by atoms with Crippen LogP contribution in [0.1, 0.15) is 15.9 Å². The average molecular weight is 302 g/mol. The first-order valence-corrected chi connectivity index (χ1v) is 6.63. The first-order valence-electron chi connectivity index (χ1n) is 6.63. The van der Waals surface area contributed by atoms with Crippen LogP contribution in [0.5, 0.6) is 17.2 Å². The normalized spacial score (nSPS) is 10.0. The fourth-order valence-corrected chi connectivity index (χ4v) is 2.12. The van der Waals surface area contributed by atoms with Gasteiger partial charge in [0.05, 0.1) is 32.6 Å². The van der Waals surface area contributed by atoms with E-state index in [0.29, 0.717) is 28.5 Å². The lowest BCUT2D eigenvalue weighted by Gasteiger charge is -2.18. The highest BCUT2D eigenvalue weighted by atomic mass is 16.5. The van der Waals surface area contributed by atoms with Crippen LogP contribution >= 0.6 is 0 Å². The van der Waals surface area contributed by atoms with Crippen LogP contribution in [-0.4, -0.2) is 32.2 Å². The summed E-state index contributed by atoms with van der Waals surface area (Å²) < 4.78 is 16.0. The molecule has 0 aliphatic carbocycles. The van der Waals surface area contributed by atoms with Crippen molar-refractivity contribution in [3.8, 4) is 17.2 Å². The summed E-state index contributed by atoms with van der Waals surface area (Å²) in [4.78, 5) is 16.2. The van der Waals surface area contributed by atoms with Crippen LogP contribution in [0.15, 0.2) is 30.6 Å². The van der Waals surface area contributed by atoms with Crippen molar-refractivity contribution in [2.45, 2.75) is 6.92 Å². The summed E-state index contributed by atoms with van der Waals surface area (Å²) >= 11 is 0. The number of carbonyl (C=O) groups is 1. The topological polar surface area (TPSA) is 69.7 Å². The standard InChI is InChI=1S/C16H18N2O4/c1-10-12(18-16(19)11-6-5-7-17-9-11)8-13(20-2)15(22-4)14(10)21-3/h5-9H,1-4H3,(H,18,19). The molecule has 6 heteroatoms. The molecule has 1 aromatic heterocycles. The molecule has 116 valence electrons. The molecule has 0 atom stereocenters. The molecular formula is C16H18N2O4. The van der Waals surface area contributed by atoms with Crippen molar-refractivity contribution in [1.82, 2.24) is 4.98 Å². The number of ether oxygens (including phenoxy) is 3. The third-order valence-electron chi connectivity index (χ3n) is 3.25. The maximum absolute atomic E-state index is 12.3. The van der Waals surface area contributed by atoms with Crippen LogP contribution in [-0.2, 0) is 0 Å². The second-order valence-electron chi connectivity index (χ2n) is 4.51. The maximum atomic E-state index is 12.3. The quantitative estimate of drug-likeness (QED) is 0.919. The van der Waals surface area contributed by atoms with E-state index in [9.17, 15) is 4.79 Å². The Morgan fingerprint density at radius 2 is 1.86 bits per heavy atom. The summed E-state index contributed by atoms with van der Waals surface area (Å²) in [6.07, 6.45) is 3.12. The molecule has 1 heterocycles. The summed E-state index contributed by atoms with van der Waals surface area (Å²) in [5, 5.41) is 2.83. The minimum atomic E-state index is -0.259. The van der Waals surface area contributed by atoms with Crippen molar-refractivity contribution in [1.29, 1.82) is 0 Å². The van der Waals surface area contributed by atoms with Gasteiger partial charge in [-0.15, -0.1) is 0 Å². The molecular weight excluding hydrogens is 284 g/mol. The zero-order chi connectivity index (χ0) is 16.1. The molecule has 2 aromatic rings. The van der Waals surface area contributed by atoms with Crippen LogP contribution in [0, 0.1) is 6.92 Å². The SMILES string of the molecule is COc1cc(NC(=O)c2cccnc2)c(C)c(OC)c1OC. The molecule has 1 amide bonds. The van der Waals surface area contributed by atoms with Gasteiger partial charge in [0.2, 0.25) is 5.75 Å². The molecule has 0 aliphatic heterocycles. The van der Waals surface area contributed by atoms with Crippen LogP contribution in [0.4, 0.5) is 5.69 Å². The molecule has 6 nitrogen and oxygen atoms in total. The Bertz CT molecular complexity index is 672. The van der Waals surface area contributed by atoms with Gasteiger partial charge in [0.25, 0.3) is 5.91 Å². The lowest BCUT2D eigenvalue weighted by Crippen LogP contribution is -2.13. The van der Waals surface area contributed by atoms with Crippen LogP contribution in [0.3, 0.4) is 0 Å². The van der Waals surface area contributed by atoms with E-state index in [-0.39, 0.29) is 5.91 Å². The predicted molar refractivity (Wildman–Crippen MR) is 83.0 cm³/mol. The van der Waals surface area contributed by atoms with Crippen LogP contribution in [0.2, 0.25) is 0 Å². The van der Waals surface area contributed by atoms with Crippen LogP contribution < -0.4 is 19.5 Å². The van der Waals surface area contributed by atoms with Gasteiger partial charge in [-0.25, -0.2) is 0 Å². The zero-order valence-electron chi connectivity index (χ0n) is 13.0. The van der Waals surface area contributed by atoms with Gasteiger partial charge in [-0.2, -0.15) is 0 Å². The monoisotopic (exact) mass is 302 g/mol. The number of rotatable bonds is 5. The maximum Gasteiger partial charge on any atom is 0.257 e. The van der Waals surface area contributed by atoms with Crippen LogP contribution in [0.25, 0.3) is 0 Å². The fourth-order valence-electron chi connectivity index (χ4n) is 2.12. The van der Waals surface area contributed by atoms with Crippen molar-refractivity contribution in [2.24, 2.45) is 0 Å². The number of hydrogen-bond donors (Lipinski definition) is 1. The second-order valence-corrected chi connectivity index (χ2v) is 4.51. The van der Waals surface area contributed by atoms with E-state index in [1.54, 1.807) is 24.4 Å². The van der Waals surface area contributed by atoms with E-state index < -0.39 is 0 Å². The van der Waals surface area contributed by atoms with Gasteiger partial charge in [-0.3, -0.25) is 9.78 Å². The highest BCUT2D eigenvalue weighted by molar-refractivity contribution is 6.04. The molecule has 1 aromatic carbocycles. The Labute approximate surface area is 129 Å². The lowest BCUT2D eigenvalue weighted by atomic mass is 10.1. The number of nitrogens with one attached hydrogen (secondary N) is 1. The van der Waals surface area contributed by atoms with Crippen molar-refractivity contribution in [3.05, 3.63) is 41.7 Å². The van der Waals surface area contributed by atoms with Gasteiger partial charge in [-0.05, 0) is 19.1 Å². The molecule has 1 N–H and O–H groups in total. The Hall–Kier alpha value is -2.76. The summed E-state index contributed by atoms with van der Waals surface area (Å²) in [6.45, 7) is 1.83. The molecule has 0 spiro atoms. The number of hydrogen-bond acceptors (Lipinski definition) is 5. The van der Waals surface area contributed by atoms with Gasteiger partial charge in [-0.1, -0.05) is 0 Å². The fraction of sp³-hybridized carbons (Fsp3) is 0.250. The zero-order valence-corrected chi connectivity index (χ0v) is 13.0. The van der Waals surface area contributed by atoms with E-state index in [1.165, 1.54) is 27.5 Å². The largest absolute Gasteiger partial charge is 0.493 e. The number of benzene rings is 1. The summed E-state index contributed by atoms with van der Waals surface area (Å²) in [5.74, 6) is 1.22. The lowest BCUT2D eigenvalue weighted by molar-refractivity contribution is 0.102. The minimum Gasteiger partial charge on any atom is -0.493 e. The van der Waals surface area contributed by atoms with E-state index in [4.69, 9.17) is 14.2 Å². The van der Waals surface area contributed by atoms with Gasteiger partial charge >= 0.3 is 0 Å². The summed E-state index contributed by atoms with van der Waals surface area (Å²) in [5.41, 5.74) is 1.80. The van der Waals surface area contributed by atoms with Crippen molar-refractivity contribution >= 4 is 11.6 Å². The first-order chi connectivity index (χ1) is 10.6. The molecule has 0 radical (unpaired) electrons. The second kappa shape index (κ2) is 6.80. The molecule has 0 fully saturated rings. The van der Waals surface area contributed by atoms with Gasteiger partial charge in [0, 0.05) is 24.0 Å². The summed E-state index contributed by atoms with van der Waals surface area (Å²) in [6, 6.07) is 5.09. The first kappa shape index (κ1) is 15.6. The highest BCUT2D eigenvalue weighted by Crippen LogP contribution is 2.43. The van der Waals surface area contributed by atoms with E-state index in [0.717, 1.165) is 5.56 Å². The predicted octanol–water partition coefficient (Wildman–Crippen LogP) is 2.67. The van der Waals surface area contributed by atoms with E-state index in [1.807, 2.05) is 6.92 Å². The minimum absolute atomic E-state index is 0.259. The molecule has 0 saturated carbocycles. The molecule has 0 saturated heterocycles. The van der Waals surface area contributed by atoms with Crippen molar-refractivity contribution in [3.63, 3.8) is 0 Å². The Morgan fingerprint density at radius 3 is 2.41 bits per heavy atom. The molecule has 0 unspecified atom stereocenters. The van der Waals surface area contributed by atoms with Gasteiger partial charge in [0.15, 0.2) is 11.5 Å². The highest BCUT2D eigenvalue weighted by Gasteiger charge is 2.19. The van der Waals surface area contributed by atoms with Gasteiger partial charge in [0.1, 0.15) is 0 Å². The van der Waals surface area contributed by atoms with Crippen molar-refractivity contribution in [2.75, 3.05) is 26.6 Å². The Morgan fingerprint density at radius 1 is 1.14 bits per heavy atom. The number of pyridine rings is 1.